The van der Waals surface area contributed by atoms with Gasteiger partial charge in [0.15, 0.2) is 0 Å². The Hall–Kier alpha value is -0.200. The van der Waals surface area contributed by atoms with Gasteiger partial charge >= 0.3 is 0 Å². The van der Waals surface area contributed by atoms with E-state index in [4.69, 9.17) is 23.2 Å². The molecule has 0 spiro atoms. The second-order valence-corrected chi connectivity index (χ2v) is 7.27. The minimum atomic E-state index is 0.690. The van der Waals surface area contributed by atoms with Crippen LogP contribution in [-0.4, -0.2) is 0 Å². The van der Waals surface area contributed by atoms with Gasteiger partial charge in [-0.05, 0) is 24.0 Å². The van der Waals surface area contributed by atoms with E-state index in [1.807, 2.05) is 12.1 Å². The van der Waals surface area contributed by atoms with Gasteiger partial charge in [-0.2, -0.15) is 0 Å². The molecule has 0 heterocycles. The van der Waals surface area contributed by atoms with Crippen molar-refractivity contribution in [3.05, 3.63) is 33.8 Å². The van der Waals surface area contributed by atoms with Crippen molar-refractivity contribution < 1.29 is 0 Å². The average Bonchev–Trinajstić information content (AvgIpc) is 2.52. The number of hydrogen-bond acceptors (Lipinski definition) is 0. The molecule has 0 aliphatic rings. The molecule has 0 atom stereocenters. The number of halogens is 2. The Balaban J connectivity index is 2.53. The highest BCUT2D eigenvalue weighted by atomic mass is 35.5. The summed E-state index contributed by atoms with van der Waals surface area (Å²) in [5.41, 5.74) is 1.23. The van der Waals surface area contributed by atoms with Crippen LogP contribution in [0.1, 0.15) is 83.6 Å². The predicted octanol–water partition coefficient (Wildman–Crippen LogP) is 8.09. The van der Waals surface area contributed by atoms with Crippen LogP contribution in [0.2, 0.25) is 10.0 Å². The van der Waals surface area contributed by atoms with Crippen LogP contribution < -0.4 is 0 Å². The van der Waals surface area contributed by atoms with Gasteiger partial charge in [-0.3, -0.25) is 0 Å². The Morgan fingerprint density at radius 3 is 1.95 bits per heavy atom. The van der Waals surface area contributed by atoms with Crippen molar-refractivity contribution in [1.29, 1.82) is 0 Å². The number of benzene rings is 1. The molecule has 0 unspecified atom stereocenters. The monoisotopic (exact) mass is 342 g/mol. The van der Waals surface area contributed by atoms with Crippen LogP contribution in [0.5, 0.6) is 0 Å². The third-order valence-corrected chi connectivity index (χ3v) is 5.33. The lowest BCUT2D eigenvalue weighted by Gasteiger charge is -2.18. The Kier molecular flexibility index (Phi) is 11.1. The summed E-state index contributed by atoms with van der Waals surface area (Å²) in [5, 5.41) is 1.45. The molecule has 0 N–H and O–H groups in total. The van der Waals surface area contributed by atoms with E-state index in [1.54, 1.807) is 0 Å². The van der Waals surface area contributed by atoms with Crippen LogP contribution in [0.25, 0.3) is 0 Å². The van der Waals surface area contributed by atoms with Gasteiger partial charge in [0, 0.05) is 0 Å². The zero-order valence-electron chi connectivity index (χ0n) is 14.3. The van der Waals surface area contributed by atoms with E-state index in [9.17, 15) is 0 Å². The maximum Gasteiger partial charge on any atom is 0.0624 e. The Morgan fingerprint density at radius 2 is 1.41 bits per heavy atom. The van der Waals surface area contributed by atoms with Gasteiger partial charge < -0.3 is 0 Å². The topological polar surface area (TPSA) is 0 Å². The summed E-state index contributed by atoms with van der Waals surface area (Å²) in [7, 11) is 0. The van der Waals surface area contributed by atoms with Crippen LogP contribution in [0.15, 0.2) is 18.2 Å². The summed E-state index contributed by atoms with van der Waals surface area (Å²) in [5.74, 6) is 0.754. The van der Waals surface area contributed by atoms with E-state index in [1.165, 1.54) is 69.8 Å². The number of hydrogen-bond donors (Lipinski definition) is 0. The lowest BCUT2D eigenvalue weighted by atomic mass is 9.89. The van der Waals surface area contributed by atoms with Gasteiger partial charge in [0.1, 0.15) is 0 Å². The van der Waals surface area contributed by atoms with Crippen LogP contribution in [0.4, 0.5) is 0 Å². The smallest absolute Gasteiger partial charge is 0.0624 e. The lowest BCUT2D eigenvalue weighted by molar-refractivity contribution is 0.404. The van der Waals surface area contributed by atoms with Gasteiger partial charge in [0.2, 0.25) is 0 Å². The highest BCUT2D eigenvalue weighted by molar-refractivity contribution is 6.42. The quantitative estimate of drug-likeness (QED) is 0.336. The van der Waals surface area contributed by atoms with Crippen LogP contribution in [0, 0.1) is 5.92 Å². The largest absolute Gasteiger partial charge is 0.0827 e. The molecule has 0 aliphatic heterocycles. The molecule has 0 bridgehead atoms. The second-order valence-electron chi connectivity index (χ2n) is 6.48. The highest BCUT2D eigenvalue weighted by Crippen LogP contribution is 2.30. The first-order valence-corrected chi connectivity index (χ1v) is 9.87. The maximum atomic E-state index is 6.37. The summed E-state index contributed by atoms with van der Waals surface area (Å²) in [6, 6.07) is 6.04. The lowest BCUT2D eigenvalue weighted by Crippen LogP contribution is -2.06. The van der Waals surface area contributed by atoms with Gasteiger partial charge in [0.25, 0.3) is 0 Å². The van der Waals surface area contributed by atoms with Gasteiger partial charge in [0.05, 0.1) is 10.0 Å². The standard InChI is InChI=1S/C20H32Cl2/c1-3-5-7-9-12-17(13-10-8-6-4-2)16-18-14-11-15-19(21)20(18)22/h11,14-15,17H,3-10,12-13,16H2,1-2H3. The zero-order chi connectivity index (χ0) is 16.2. The van der Waals surface area contributed by atoms with E-state index in [0.717, 1.165) is 17.4 Å². The molecule has 0 saturated carbocycles. The number of rotatable bonds is 12. The molecule has 22 heavy (non-hydrogen) atoms. The molecule has 1 aromatic carbocycles. The van der Waals surface area contributed by atoms with E-state index in [2.05, 4.69) is 19.9 Å². The first-order valence-electron chi connectivity index (χ1n) is 9.11. The van der Waals surface area contributed by atoms with E-state index >= 15 is 0 Å². The van der Waals surface area contributed by atoms with Crippen molar-refractivity contribution in [2.75, 3.05) is 0 Å². The van der Waals surface area contributed by atoms with E-state index in [-0.39, 0.29) is 0 Å². The average molecular weight is 343 g/mol. The first kappa shape index (κ1) is 19.8. The van der Waals surface area contributed by atoms with Gasteiger partial charge in [-0.15, -0.1) is 0 Å². The molecule has 1 aromatic rings. The molecule has 0 aromatic heterocycles. The van der Waals surface area contributed by atoms with E-state index < -0.39 is 0 Å². The fourth-order valence-electron chi connectivity index (χ4n) is 3.09. The molecule has 0 aliphatic carbocycles. The molecule has 0 saturated heterocycles. The molecular formula is C20H32Cl2. The van der Waals surface area contributed by atoms with Crippen LogP contribution >= 0.6 is 23.2 Å². The third kappa shape index (κ3) is 7.88. The van der Waals surface area contributed by atoms with Crippen LogP contribution in [0.3, 0.4) is 0 Å². The minimum Gasteiger partial charge on any atom is -0.0827 e. The van der Waals surface area contributed by atoms with Crippen molar-refractivity contribution in [3.63, 3.8) is 0 Å². The highest BCUT2D eigenvalue weighted by Gasteiger charge is 2.13. The molecule has 126 valence electrons. The van der Waals surface area contributed by atoms with Gasteiger partial charge in [-0.25, -0.2) is 0 Å². The molecule has 0 nitrogen and oxygen atoms in total. The molecule has 0 radical (unpaired) electrons. The molecular weight excluding hydrogens is 311 g/mol. The molecule has 0 fully saturated rings. The van der Waals surface area contributed by atoms with Crippen molar-refractivity contribution in [3.8, 4) is 0 Å². The predicted molar refractivity (Wildman–Crippen MR) is 101 cm³/mol. The fourth-order valence-corrected chi connectivity index (χ4v) is 3.48. The summed E-state index contributed by atoms with van der Waals surface area (Å²) < 4.78 is 0. The van der Waals surface area contributed by atoms with Crippen LogP contribution in [-0.2, 0) is 6.42 Å². The van der Waals surface area contributed by atoms with Crippen molar-refractivity contribution in [2.24, 2.45) is 5.92 Å². The fraction of sp³-hybridized carbons (Fsp3) is 0.700. The maximum absolute atomic E-state index is 6.37. The summed E-state index contributed by atoms with van der Waals surface area (Å²) in [4.78, 5) is 0. The second kappa shape index (κ2) is 12.3. The first-order chi connectivity index (χ1) is 10.7. The Morgan fingerprint density at radius 1 is 0.818 bits per heavy atom. The summed E-state index contributed by atoms with van der Waals surface area (Å²) >= 11 is 12.5. The van der Waals surface area contributed by atoms with Crippen molar-refractivity contribution >= 4 is 23.2 Å². The van der Waals surface area contributed by atoms with Gasteiger partial charge in [-0.1, -0.05) is 113 Å². The summed E-state index contributed by atoms with van der Waals surface area (Å²) in [6.45, 7) is 4.54. The molecule has 2 heteroatoms. The molecule has 1 rings (SSSR count). The molecule has 0 amide bonds. The minimum absolute atomic E-state index is 0.690. The van der Waals surface area contributed by atoms with E-state index in [0.29, 0.717) is 5.02 Å². The Labute approximate surface area is 147 Å². The third-order valence-electron chi connectivity index (χ3n) is 4.47. The zero-order valence-corrected chi connectivity index (χ0v) is 15.9. The van der Waals surface area contributed by atoms with Crippen molar-refractivity contribution in [1.82, 2.24) is 0 Å². The SMILES string of the molecule is CCCCCCC(CCCCCC)Cc1cccc(Cl)c1Cl. The van der Waals surface area contributed by atoms with Crippen molar-refractivity contribution in [2.45, 2.75) is 84.5 Å². The normalized spacial score (nSPS) is 11.3. The Bertz CT molecular complexity index is 389. The summed E-state index contributed by atoms with van der Waals surface area (Å²) in [6.07, 6.45) is 14.5. The number of unbranched alkanes of at least 4 members (excludes halogenated alkanes) is 6.